The Morgan fingerprint density at radius 2 is 1.87 bits per heavy atom. The van der Waals surface area contributed by atoms with Gasteiger partial charge in [0.25, 0.3) is 5.91 Å². The molecular formula is C29H18FN7OS. The van der Waals surface area contributed by atoms with Crippen LogP contribution >= 0.6 is 11.3 Å². The van der Waals surface area contributed by atoms with E-state index in [9.17, 15) is 4.79 Å². The molecule has 0 saturated heterocycles. The van der Waals surface area contributed by atoms with Crippen molar-refractivity contribution in [2.75, 3.05) is 5.32 Å². The molecule has 0 aliphatic carbocycles. The molecular weight excluding hydrogens is 513 g/mol. The number of aromatic amines is 2. The monoisotopic (exact) mass is 531 g/mol. The Kier molecular flexibility index (Phi) is 5.45. The normalized spacial score (nSPS) is 11.3. The van der Waals surface area contributed by atoms with Gasteiger partial charge in [0.1, 0.15) is 17.0 Å². The van der Waals surface area contributed by atoms with E-state index in [2.05, 4.69) is 30.5 Å². The number of hydrogen-bond acceptors (Lipinski definition) is 6. The summed E-state index contributed by atoms with van der Waals surface area (Å²) in [6.45, 7) is 0. The molecule has 0 atom stereocenters. The SMILES string of the molecule is O=C(Nc1cncc(-c2cc3c(-c4nc5c(-c6cccs6)ccnc5[nH]4)n[nH]c3cc2F)c1)c1ccccc1. The second-order valence-corrected chi connectivity index (χ2v) is 9.80. The molecule has 0 unspecified atom stereocenters. The third-order valence-electron chi connectivity index (χ3n) is 6.39. The van der Waals surface area contributed by atoms with Gasteiger partial charge in [-0.1, -0.05) is 24.3 Å². The maximum atomic E-state index is 15.3. The number of halogens is 1. The topological polar surface area (TPSA) is 112 Å². The number of nitrogens with one attached hydrogen (secondary N) is 3. The van der Waals surface area contributed by atoms with Crippen LogP contribution in [0.5, 0.6) is 0 Å². The van der Waals surface area contributed by atoms with Gasteiger partial charge in [0, 0.05) is 51.0 Å². The lowest BCUT2D eigenvalue weighted by atomic mass is 10.0. The van der Waals surface area contributed by atoms with E-state index in [0.29, 0.717) is 50.4 Å². The van der Waals surface area contributed by atoms with Gasteiger partial charge < -0.3 is 10.3 Å². The second-order valence-electron chi connectivity index (χ2n) is 8.85. The van der Waals surface area contributed by atoms with Crippen LogP contribution in [0.15, 0.2) is 90.7 Å². The van der Waals surface area contributed by atoms with Crippen molar-refractivity contribution in [2.24, 2.45) is 0 Å². The molecule has 0 fully saturated rings. The number of benzene rings is 2. The lowest BCUT2D eigenvalue weighted by molar-refractivity contribution is 0.102. The van der Waals surface area contributed by atoms with Gasteiger partial charge in [-0.25, -0.2) is 14.4 Å². The molecule has 10 heteroatoms. The van der Waals surface area contributed by atoms with Crippen LogP contribution < -0.4 is 5.32 Å². The van der Waals surface area contributed by atoms with Crippen LogP contribution in [0.4, 0.5) is 10.1 Å². The first kappa shape index (κ1) is 22.9. The van der Waals surface area contributed by atoms with Crippen LogP contribution in [0.1, 0.15) is 10.4 Å². The Bertz CT molecular complexity index is 1980. The highest BCUT2D eigenvalue weighted by Gasteiger charge is 2.19. The number of hydrogen-bond donors (Lipinski definition) is 3. The number of pyridine rings is 2. The van der Waals surface area contributed by atoms with Crippen LogP contribution in [-0.2, 0) is 0 Å². The average molecular weight is 532 g/mol. The molecule has 5 aromatic heterocycles. The van der Waals surface area contributed by atoms with Gasteiger partial charge in [-0.05, 0) is 41.8 Å². The van der Waals surface area contributed by atoms with Crippen molar-refractivity contribution >= 4 is 45.0 Å². The summed E-state index contributed by atoms with van der Waals surface area (Å²) in [5.41, 5.74) is 5.23. The fourth-order valence-electron chi connectivity index (χ4n) is 4.54. The Morgan fingerprint density at radius 1 is 0.974 bits per heavy atom. The van der Waals surface area contributed by atoms with E-state index >= 15 is 4.39 Å². The highest BCUT2D eigenvalue weighted by Crippen LogP contribution is 2.35. The van der Waals surface area contributed by atoms with E-state index in [1.165, 1.54) is 12.3 Å². The fraction of sp³-hybridized carbons (Fsp3) is 0. The van der Waals surface area contributed by atoms with Gasteiger partial charge in [-0.15, -0.1) is 11.3 Å². The van der Waals surface area contributed by atoms with E-state index in [-0.39, 0.29) is 5.91 Å². The first-order valence-corrected chi connectivity index (χ1v) is 12.9. The predicted octanol–water partition coefficient (Wildman–Crippen LogP) is 6.68. The third-order valence-corrected chi connectivity index (χ3v) is 7.29. The van der Waals surface area contributed by atoms with Crippen LogP contribution in [-0.4, -0.2) is 36.0 Å². The largest absolute Gasteiger partial charge is 0.321 e. The zero-order valence-electron chi connectivity index (χ0n) is 20.1. The quantitative estimate of drug-likeness (QED) is 0.229. The summed E-state index contributed by atoms with van der Waals surface area (Å²) in [7, 11) is 0. The first-order chi connectivity index (χ1) is 19.1. The van der Waals surface area contributed by atoms with Gasteiger partial charge in [-0.2, -0.15) is 5.10 Å². The summed E-state index contributed by atoms with van der Waals surface area (Å²) in [6, 6.07) is 19.6. The number of H-pyrrole nitrogens is 2. The minimum atomic E-state index is -0.447. The van der Waals surface area contributed by atoms with Crippen molar-refractivity contribution in [1.82, 2.24) is 30.1 Å². The summed E-state index contributed by atoms with van der Waals surface area (Å²) < 4.78 is 15.3. The number of rotatable bonds is 5. The summed E-state index contributed by atoms with van der Waals surface area (Å²) in [5, 5.41) is 12.9. The molecule has 39 heavy (non-hydrogen) atoms. The lowest BCUT2D eigenvalue weighted by Crippen LogP contribution is -2.11. The summed E-state index contributed by atoms with van der Waals surface area (Å²) in [5.74, 6) is -0.201. The molecule has 0 radical (unpaired) electrons. The maximum Gasteiger partial charge on any atom is 0.255 e. The van der Waals surface area contributed by atoms with Gasteiger partial charge in [0.05, 0.1) is 17.4 Å². The lowest BCUT2D eigenvalue weighted by Gasteiger charge is -2.08. The highest BCUT2D eigenvalue weighted by molar-refractivity contribution is 7.13. The highest BCUT2D eigenvalue weighted by atomic mass is 32.1. The Labute approximate surface area is 224 Å². The molecule has 0 spiro atoms. The van der Waals surface area contributed by atoms with Crippen molar-refractivity contribution in [3.05, 3.63) is 102 Å². The molecule has 188 valence electrons. The second kappa shape index (κ2) is 9.26. The average Bonchev–Trinajstić information content (AvgIpc) is 3.72. The predicted molar refractivity (Wildman–Crippen MR) is 150 cm³/mol. The molecule has 7 aromatic rings. The molecule has 8 nitrogen and oxygen atoms in total. The minimum Gasteiger partial charge on any atom is -0.321 e. The van der Waals surface area contributed by atoms with E-state index in [1.807, 2.05) is 29.6 Å². The summed E-state index contributed by atoms with van der Waals surface area (Å²) in [4.78, 5) is 30.4. The van der Waals surface area contributed by atoms with Crippen molar-refractivity contribution in [3.8, 4) is 33.1 Å². The minimum absolute atomic E-state index is 0.275. The molecule has 7 rings (SSSR count). The van der Waals surface area contributed by atoms with Crippen LogP contribution in [0.2, 0.25) is 0 Å². The molecule has 0 bridgehead atoms. The molecule has 0 saturated carbocycles. The van der Waals surface area contributed by atoms with E-state index in [1.54, 1.807) is 60.1 Å². The van der Waals surface area contributed by atoms with Crippen molar-refractivity contribution in [3.63, 3.8) is 0 Å². The first-order valence-electron chi connectivity index (χ1n) is 12.0. The number of nitrogens with zero attached hydrogens (tertiary/aromatic N) is 4. The molecule has 2 aromatic carbocycles. The van der Waals surface area contributed by atoms with Gasteiger partial charge in [0.15, 0.2) is 11.5 Å². The van der Waals surface area contributed by atoms with E-state index in [0.717, 1.165) is 16.0 Å². The zero-order chi connectivity index (χ0) is 26.3. The van der Waals surface area contributed by atoms with Gasteiger partial charge in [0.2, 0.25) is 0 Å². The van der Waals surface area contributed by atoms with E-state index < -0.39 is 5.82 Å². The molecule has 0 aliphatic rings. The van der Waals surface area contributed by atoms with Crippen molar-refractivity contribution in [2.45, 2.75) is 0 Å². The molecule has 1 amide bonds. The third kappa shape index (κ3) is 4.12. The number of aromatic nitrogens is 6. The van der Waals surface area contributed by atoms with Crippen LogP contribution in [0, 0.1) is 5.82 Å². The van der Waals surface area contributed by atoms with Crippen molar-refractivity contribution in [1.29, 1.82) is 0 Å². The summed E-state index contributed by atoms with van der Waals surface area (Å²) in [6.07, 6.45) is 4.82. The molecule has 5 heterocycles. The number of carbonyl (C=O) groups excluding carboxylic acids is 1. The van der Waals surface area contributed by atoms with Gasteiger partial charge in [-0.3, -0.25) is 14.9 Å². The zero-order valence-corrected chi connectivity index (χ0v) is 21.0. The Hall–Kier alpha value is -5.22. The summed E-state index contributed by atoms with van der Waals surface area (Å²) >= 11 is 1.63. The standard InChI is InChI=1S/C29H18FN7OS/c30-22-13-23-21(12-20(22)17-11-18(15-31-14-17)33-29(38)16-5-2-1-3-6-16)26(37-36-23)28-34-25-19(24-7-4-10-39-24)8-9-32-27(25)35-28/h1-15H,(H,33,38)(H,36,37)(H,32,34,35). The number of thiophene rings is 1. The number of amides is 1. The number of anilines is 1. The fourth-order valence-corrected chi connectivity index (χ4v) is 5.29. The van der Waals surface area contributed by atoms with Crippen LogP contribution in [0.25, 0.3) is 55.2 Å². The van der Waals surface area contributed by atoms with Crippen molar-refractivity contribution < 1.29 is 9.18 Å². The molecule has 0 aliphatic heterocycles. The van der Waals surface area contributed by atoms with E-state index in [4.69, 9.17) is 4.98 Å². The van der Waals surface area contributed by atoms with Crippen LogP contribution in [0.3, 0.4) is 0 Å². The number of imidazole rings is 1. The maximum absolute atomic E-state index is 15.3. The molecule has 3 N–H and O–H groups in total. The van der Waals surface area contributed by atoms with Gasteiger partial charge >= 0.3 is 0 Å². The number of fused-ring (bicyclic) bond motifs is 2. The smallest absolute Gasteiger partial charge is 0.255 e. The number of carbonyl (C=O) groups is 1. The Morgan fingerprint density at radius 3 is 2.72 bits per heavy atom. The Balaban J connectivity index is 1.28.